The Morgan fingerprint density at radius 3 is 2.20 bits per heavy atom. The molecule has 2 N–H and O–H groups in total. The van der Waals surface area contributed by atoms with E-state index < -0.39 is 48.2 Å². The number of amides is 2. The van der Waals surface area contributed by atoms with Crippen LogP contribution in [0, 0.1) is 6.92 Å². The maximum absolute atomic E-state index is 12.9. The number of ether oxygens (including phenoxy) is 5. The zero-order valence-corrected chi connectivity index (χ0v) is 17.8. The Hall–Kier alpha value is -2.04. The summed E-state index contributed by atoms with van der Waals surface area (Å²) in [4.78, 5) is 25.1. The lowest BCUT2D eigenvalue weighted by Gasteiger charge is -2.36. The minimum absolute atomic E-state index is 0.203. The molecule has 3 fully saturated rings. The van der Waals surface area contributed by atoms with E-state index in [2.05, 4.69) is 10.6 Å². The van der Waals surface area contributed by atoms with E-state index in [1.165, 1.54) is 0 Å². The molecule has 3 heterocycles. The molecule has 9 nitrogen and oxygen atoms in total. The number of fused-ring (bicyclic) bond motifs is 3. The Morgan fingerprint density at radius 1 is 0.900 bits per heavy atom. The van der Waals surface area contributed by atoms with Gasteiger partial charge in [0.15, 0.2) is 24.0 Å². The molecule has 3 aliphatic rings. The molecule has 3 aliphatic heterocycles. The molecule has 5 unspecified atom stereocenters. The first-order valence-electron chi connectivity index (χ1n) is 10.0. The molecule has 2 amide bonds. The van der Waals surface area contributed by atoms with Gasteiger partial charge in [0.1, 0.15) is 18.3 Å². The molecule has 1 aromatic carbocycles. The Balaban J connectivity index is 1.40. The molecule has 0 radical (unpaired) electrons. The zero-order valence-electron chi connectivity index (χ0n) is 17.8. The van der Waals surface area contributed by atoms with Gasteiger partial charge in [-0.2, -0.15) is 0 Å². The van der Waals surface area contributed by atoms with Crippen molar-refractivity contribution in [2.24, 2.45) is 0 Å². The Labute approximate surface area is 175 Å². The summed E-state index contributed by atoms with van der Waals surface area (Å²) in [6.45, 7) is 8.84. The summed E-state index contributed by atoms with van der Waals surface area (Å²) in [5.74, 6) is -2.58. The van der Waals surface area contributed by atoms with E-state index >= 15 is 0 Å². The van der Waals surface area contributed by atoms with Crippen LogP contribution in [-0.2, 0) is 33.3 Å². The highest BCUT2D eigenvalue weighted by molar-refractivity contribution is 5.95. The molecule has 0 saturated carbocycles. The molecule has 0 bridgehead atoms. The highest BCUT2D eigenvalue weighted by atomic mass is 16.9. The predicted molar refractivity (Wildman–Crippen MR) is 105 cm³/mol. The Bertz CT molecular complexity index is 823. The van der Waals surface area contributed by atoms with E-state index in [0.717, 1.165) is 5.56 Å². The summed E-state index contributed by atoms with van der Waals surface area (Å²) < 4.78 is 29.5. The van der Waals surface area contributed by atoms with Crippen molar-refractivity contribution in [1.29, 1.82) is 0 Å². The van der Waals surface area contributed by atoms with Crippen molar-refractivity contribution in [2.45, 2.75) is 76.9 Å². The fourth-order valence-electron chi connectivity index (χ4n) is 3.93. The van der Waals surface area contributed by atoms with Crippen molar-refractivity contribution in [3.63, 3.8) is 0 Å². The normalized spacial score (nSPS) is 33.4. The monoisotopic (exact) mass is 420 g/mol. The number of nitrogens with one attached hydrogen (secondary N) is 2. The molecule has 1 aromatic rings. The minimum atomic E-state index is -0.998. The third-order valence-electron chi connectivity index (χ3n) is 5.17. The lowest BCUT2D eigenvalue weighted by atomic mass is 9.98. The fraction of sp³-hybridized carbons (Fsp3) is 0.619. The van der Waals surface area contributed by atoms with Crippen molar-refractivity contribution in [3.05, 3.63) is 29.8 Å². The second kappa shape index (κ2) is 7.58. The van der Waals surface area contributed by atoms with Gasteiger partial charge in [-0.1, -0.05) is 17.7 Å². The SMILES string of the molecule is Cc1ccc(NC(=O)CNC(=O)C2OC3OC(C)(C)OC3C3OC(C)(C)OC23)cc1. The van der Waals surface area contributed by atoms with E-state index in [1.807, 2.05) is 19.1 Å². The molecule has 30 heavy (non-hydrogen) atoms. The molecule has 0 spiro atoms. The van der Waals surface area contributed by atoms with Crippen LogP contribution in [0.1, 0.15) is 33.3 Å². The number of carbonyl (C=O) groups is 2. The Morgan fingerprint density at radius 2 is 1.50 bits per heavy atom. The van der Waals surface area contributed by atoms with Crippen LogP contribution in [0.3, 0.4) is 0 Å². The third kappa shape index (κ3) is 4.35. The highest BCUT2D eigenvalue weighted by Crippen LogP contribution is 2.44. The second-order valence-corrected chi connectivity index (χ2v) is 8.72. The molecule has 4 rings (SSSR count). The van der Waals surface area contributed by atoms with Crippen LogP contribution in [0.2, 0.25) is 0 Å². The minimum Gasteiger partial charge on any atom is -0.345 e. The summed E-state index contributed by atoms with van der Waals surface area (Å²) >= 11 is 0. The first kappa shape index (κ1) is 21.2. The smallest absolute Gasteiger partial charge is 0.252 e. The number of hydrogen-bond donors (Lipinski definition) is 2. The summed E-state index contributed by atoms with van der Waals surface area (Å²) in [6, 6.07) is 7.39. The van der Waals surface area contributed by atoms with Gasteiger partial charge in [-0.25, -0.2) is 0 Å². The summed E-state index contributed by atoms with van der Waals surface area (Å²) in [6.07, 6.45) is -3.49. The van der Waals surface area contributed by atoms with E-state index in [9.17, 15) is 9.59 Å². The number of rotatable bonds is 4. The van der Waals surface area contributed by atoms with Crippen LogP contribution in [0.4, 0.5) is 5.69 Å². The topological polar surface area (TPSA) is 104 Å². The largest absolute Gasteiger partial charge is 0.345 e. The molecule has 164 valence electrons. The van der Waals surface area contributed by atoms with Gasteiger partial charge >= 0.3 is 0 Å². The lowest BCUT2D eigenvalue weighted by molar-refractivity contribution is -0.231. The lowest BCUT2D eigenvalue weighted by Crippen LogP contribution is -2.59. The second-order valence-electron chi connectivity index (χ2n) is 8.72. The van der Waals surface area contributed by atoms with Crippen LogP contribution >= 0.6 is 0 Å². The van der Waals surface area contributed by atoms with Crippen molar-refractivity contribution in [1.82, 2.24) is 5.32 Å². The van der Waals surface area contributed by atoms with E-state index in [1.54, 1.807) is 39.8 Å². The van der Waals surface area contributed by atoms with Gasteiger partial charge < -0.3 is 34.3 Å². The number of benzene rings is 1. The summed E-state index contributed by atoms with van der Waals surface area (Å²) in [7, 11) is 0. The van der Waals surface area contributed by atoms with Crippen LogP contribution < -0.4 is 10.6 Å². The predicted octanol–water partition coefficient (Wildman–Crippen LogP) is 1.45. The van der Waals surface area contributed by atoms with Gasteiger partial charge in [0, 0.05) is 5.69 Å². The summed E-state index contributed by atoms with van der Waals surface area (Å²) in [5, 5.41) is 5.36. The van der Waals surface area contributed by atoms with Gasteiger partial charge in [0.2, 0.25) is 5.91 Å². The maximum atomic E-state index is 12.9. The fourth-order valence-corrected chi connectivity index (χ4v) is 3.93. The molecular weight excluding hydrogens is 392 g/mol. The van der Waals surface area contributed by atoms with Crippen LogP contribution in [0.25, 0.3) is 0 Å². The molecule has 3 saturated heterocycles. The molecule has 0 aliphatic carbocycles. The average Bonchev–Trinajstić information content (AvgIpc) is 3.14. The van der Waals surface area contributed by atoms with Crippen molar-refractivity contribution >= 4 is 17.5 Å². The van der Waals surface area contributed by atoms with E-state index in [0.29, 0.717) is 5.69 Å². The average molecular weight is 420 g/mol. The van der Waals surface area contributed by atoms with E-state index in [-0.39, 0.29) is 12.5 Å². The summed E-state index contributed by atoms with van der Waals surface area (Å²) in [5.41, 5.74) is 1.75. The number of carbonyl (C=O) groups excluding carboxylic acids is 2. The Kier molecular flexibility index (Phi) is 5.36. The van der Waals surface area contributed by atoms with Crippen molar-refractivity contribution in [2.75, 3.05) is 11.9 Å². The molecule has 0 aromatic heterocycles. The van der Waals surface area contributed by atoms with Gasteiger partial charge in [-0.15, -0.1) is 0 Å². The third-order valence-corrected chi connectivity index (χ3v) is 5.17. The van der Waals surface area contributed by atoms with Gasteiger partial charge in [-0.3, -0.25) is 9.59 Å². The first-order chi connectivity index (χ1) is 14.0. The molecular formula is C21H28N2O7. The van der Waals surface area contributed by atoms with Gasteiger partial charge in [0.05, 0.1) is 6.54 Å². The van der Waals surface area contributed by atoms with Gasteiger partial charge in [-0.05, 0) is 46.8 Å². The van der Waals surface area contributed by atoms with Gasteiger partial charge in [0.25, 0.3) is 5.91 Å². The number of hydrogen-bond acceptors (Lipinski definition) is 7. The van der Waals surface area contributed by atoms with Crippen LogP contribution in [0.5, 0.6) is 0 Å². The van der Waals surface area contributed by atoms with E-state index in [4.69, 9.17) is 23.7 Å². The zero-order chi connectivity index (χ0) is 21.7. The molecule has 5 atom stereocenters. The highest BCUT2D eigenvalue weighted by Gasteiger charge is 2.62. The van der Waals surface area contributed by atoms with Crippen LogP contribution in [-0.4, -0.2) is 60.6 Å². The van der Waals surface area contributed by atoms with Crippen LogP contribution in [0.15, 0.2) is 24.3 Å². The quantitative estimate of drug-likeness (QED) is 0.760. The first-order valence-corrected chi connectivity index (χ1v) is 10.0. The van der Waals surface area contributed by atoms with Crippen molar-refractivity contribution < 1.29 is 33.3 Å². The number of anilines is 1. The number of aryl methyl sites for hydroxylation is 1. The maximum Gasteiger partial charge on any atom is 0.252 e. The standard InChI is InChI=1S/C21H28N2O7/c1-11-6-8-12(9-7-11)23-13(24)10-22-18(25)16-14-15(28-20(2,3)27-14)17-19(26-16)30-21(4,5)29-17/h6-9,14-17,19H,10H2,1-5H3,(H,22,25)(H,23,24). The van der Waals surface area contributed by atoms with Crippen molar-refractivity contribution in [3.8, 4) is 0 Å². The molecule has 9 heteroatoms.